The van der Waals surface area contributed by atoms with E-state index in [1.165, 1.54) is 4.90 Å². The highest BCUT2D eigenvalue weighted by Gasteiger charge is 2.18. The number of carbonyl (C=O) groups is 1. The summed E-state index contributed by atoms with van der Waals surface area (Å²) in [5.41, 5.74) is 1.06. The lowest BCUT2D eigenvalue weighted by Gasteiger charge is -2.20. The molecular formula is C19H26N2O4. The van der Waals surface area contributed by atoms with Gasteiger partial charge >= 0.3 is 0 Å². The van der Waals surface area contributed by atoms with Crippen LogP contribution in [-0.2, 0) is 17.9 Å². The number of amides is 1. The van der Waals surface area contributed by atoms with E-state index >= 15 is 0 Å². The minimum atomic E-state index is -0.572. The van der Waals surface area contributed by atoms with E-state index in [1.807, 2.05) is 37.3 Å². The van der Waals surface area contributed by atoms with Crippen LogP contribution in [0.5, 0.6) is 11.5 Å². The maximum absolute atomic E-state index is 12.0. The van der Waals surface area contributed by atoms with Gasteiger partial charge in [0, 0.05) is 20.6 Å². The molecule has 1 N–H and O–H groups in total. The molecule has 6 heteroatoms. The Morgan fingerprint density at radius 1 is 1.24 bits per heavy atom. The number of carbonyl (C=O) groups excluding carboxylic acids is 1. The third-order valence-corrected chi connectivity index (χ3v) is 3.61. The van der Waals surface area contributed by atoms with Crippen LogP contribution in [0, 0.1) is 0 Å². The zero-order valence-electron chi connectivity index (χ0n) is 15.2. The van der Waals surface area contributed by atoms with Gasteiger partial charge in [0.2, 0.25) is 0 Å². The van der Waals surface area contributed by atoms with Crippen molar-refractivity contribution in [3.05, 3.63) is 47.9 Å². The van der Waals surface area contributed by atoms with Crippen LogP contribution in [-0.4, -0.2) is 37.6 Å². The van der Waals surface area contributed by atoms with Crippen LogP contribution in [0.25, 0.3) is 0 Å². The standard InChI is InChI=1S/C19H26N2O4/c1-5-23-18-11-15(12-20-13-16-7-6-10-24-16)8-9-17(18)25-14(2)19(22)21(3)4/h6-11,14,20H,5,12-13H2,1-4H3. The quantitative estimate of drug-likeness (QED) is 0.756. The summed E-state index contributed by atoms with van der Waals surface area (Å²) < 4.78 is 16.8. The molecule has 1 unspecified atom stereocenters. The Morgan fingerprint density at radius 2 is 2.04 bits per heavy atom. The number of hydrogen-bond acceptors (Lipinski definition) is 5. The second-order valence-corrected chi connectivity index (χ2v) is 5.89. The highest BCUT2D eigenvalue weighted by Crippen LogP contribution is 2.29. The van der Waals surface area contributed by atoms with Crippen molar-refractivity contribution in [3.8, 4) is 11.5 Å². The summed E-state index contributed by atoms with van der Waals surface area (Å²) in [5, 5.41) is 3.32. The second-order valence-electron chi connectivity index (χ2n) is 5.89. The Morgan fingerprint density at radius 3 is 2.68 bits per heavy atom. The van der Waals surface area contributed by atoms with Gasteiger partial charge in [-0.1, -0.05) is 6.07 Å². The molecule has 0 saturated carbocycles. The van der Waals surface area contributed by atoms with Crippen molar-refractivity contribution < 1.29 is 18.7 Å². The summed E-state index contributed by atoms with van der Waals surface area (Å²) in [4.78, 5) is 13.5. The van der Waals surface area contributed by atoms with E-state index in [0.29, 0.717) is 31.2 Å². The molecule has 1 aromatic heterocycles. The van der Waals surface area contributed by atoms with Gasteiger partial charge in [0.15, 0.2) is 17.6 Å². The third-order valence-electron chi connectivity index (χ3n) is 3.61. The second kappa shape index (κ2) is 9.13. The van der Waals surface area contributed by atoms with Gasteiger partial charge < -0.3 is 24.1 Å². The van der Waals surface area contributed by atoms with Crippen LogP contribution in [0.15, 0.2) is 41.0 Å². The number of furan rings is 1. The van der Waals surface area contributed by atoms with Crippen molar-refractivity contribution in [2.45, 2.75) is 33.0 Å². The molecule has 0 aliphatic heterocycles. The van der Waals surface area contributed by atoms with Crippen LogP contribution in [0.1, 0.15) is 25.2 Å². The van der Waals surface area contributed by atoms with Crippen molar-refractivity contribution in [1.29, 1.82) is 0 Å². The number of nitrogens with zero attached hydrogens (tertiary/aromatic N) is 1. The van der Waals surface area contributed by atoms with Crippen LogP contribution in [0.4, 0.5) is 0 Å². The van der Waals surface area contributed by atoms with Gasteiger partial charge in [-0.05, 0) is 43.7 Å². The van der Waals surface area contributed by atoms with Gasteiger partial charge in [-0.2, -0.15) is 0 Å². The number of rotatable bonds is 9. The summed E-state index contributed by atoms with van der Waals surface area (Å²) in [6, 6.07) is 9.53. The summed E-state index contributed by atoms with van der Waals surface area (Å²) in [6.07, 6.45) is 1.09. The van der Waals surface area contributed by atoms with Gasteiger partial charge in [-0.25, -0.2) is 0 Å². The van der Waals surface area contributed by atoms with Gasteiger partial charge in [-0.3, -0.25) is 4.79 Å². The Bertz CT molecular complexity index is 668. The minimum absolute atomic E-state index is 0.0911. The topological polar surface area (TPSA) is 63.9 Å². The molecule has 1 atom stereocenters. The van der Waals surface area contributed by atoms with Gasteiger partial charge in [-0.15, -0.1) is 0 Å². The van der Waals surface area contributed by atoms with Crippen molar-refractivity contribution in [1.82, 2.24) is 10.2 Å². The Labute approximate surface area is 148 Å². The van der Waals surface area contributed by atoms with Gasteiger partial charge in [0.25, 0.3) is 5.91 Å². The summed E-state index contributed by atoms with van der Waals surface area (Å²) >= 11 is 0. The summed E-state index contributed by atoms with van der Waals surface area (Å²) in [6.45, 7) is 5.50. The van der Waals surface area contributed by atoms with E-state index in [-0.39, 0.29) is 5.91 Å². The number of likely N-dealkylation sites (N-methyl/N-ethyl adjacent to an activating group) is 1. The Hall–Kier alpha value is -2.47. The fourth-order valence-corrected chi connectivity index (χ4v) is 2.38. The van der Waals surface area contributed by atoms with E-state index in [2.05, 4.69) is 5.32 Å². The lowest BCUT2D eigenvalue weighted by molar-refractivity contribution is -0.135. The smallest absolute Gasteiger partial charge is 0.262 e. The van der Waals surface area contributed by atoms with Gasteiger partial charge in [0.05, 0.1) is 19.4 Å². The zero-order valence-corrected chi connectivity index (χ0v) is 15.2. The summed E-state index contributed by atoms with van der Waals surface area (Å²) in [5.74, 6) is 2.00. The first kappa shape index (κ1) is 18.9. The maximum atomic E-state index is 12.0. The SMILES string of the molecule is CCOc1cc(CNCc2ccco2)ccc1OC(C)C(=O)N(C)C. The fourth-order valence-electron chi connectivity index (χ4n) is 2.38. The fraction of sp³-hybridized carbons (Fsp3) is 0.421. The maximum Gasteiger partial charge on any atom is 0.262 e. The minimum Gasteiger partial charge on any atom is -0.490 e. The lowest BCUT2D eigenvalue weighted by Crippen LogP contribution is -2.35. The molecule has 0 bridgehead atoms. The van der Waals surface area contributed by atoms with E-state index in [1.54, 1.807) is 27.3 Å². The molecule has 1 aromatic carbocycles. The molecule has 2 rings (SSSR count). The van der Waals surface area contributed by atoms with Crippen molar-refractivity contribution >= 4 is 5.91 Å². The van der Waals surface area contributed by atoms with Gasteiger partial charge in [0.1, 0.15) is 5.76 Å². The van der Waals surface area contributed by atoms with Crippen LogP contribution >= 0.6 is 0 Å². The Balaban J connectivity index is 2.01. The summed E-state index contributed by atoms with van der Waals surface area (Å²) in [7, 11) is 3.42. The lowest BCUT2D eigenvalue weighted by atomic mass is 10.2. The first-order chi connectivity index (χ1) is 12.0. The van der Waals surface area contributed by atoms with Crippen molar-refractivity contribution in [3.63, 3.8) is 0 Å². The molecule has 1 heterocycles. The molecule has 25 heavy (non-hydrogen) atoms. The first-order valence-electron chi connectivity index (χ1n) is 8.38. The molecule has 0 aliphatic carbocycles. The number of hydrogen-bond donors (Lipinski definition) is 1. The number of ether oxygens (including phenoxy) is 2. The molecule has 6 nitrogen and oxygen atoms in total. The average Bonchev–Trinajstić information content (AvgIpc) is 3.09. The molecule has 136 valence electrons. The van der Waals surface area contributed by atoms with Crippen LogP contribution < -0.4 is 14.8 Å². The molecule has 1 amide bonds. The molecule has 0 radical (unpaired) electrons. The molecule has 0 fully saturated rings. The van der Waals surface area contributed by atoms with Crippen LogP contribution in [0.2, 0.25) is 0 Å². The van der Waals surface area contributed by atoms with Crippen LogP contribution in [0.3, 0.4) is 0 Å². The first-order valence-corrected chi connectivity index (χ1v) is 8.38. The Kier molecular flexibility index (Phi) is 6.89. The van der Waals surface area contributed by atoms with Crippen molar-refractivity contribution in [2.24, 2.45) is 0 Å². The highest BCUT2D eigenvalue weighted by atomic mass is 16.5. The van der Waals surface area contributed by atoms with E-state index in [4.69, 9.17) is 13.9 Å². The number of nitrogens with one attached hydrogen (secondary N) is 1. The van der Waals surface area contributed by atoms with E-state index in [0.717, 1.165) is 11.3 Å². The molecule has 0 aliphatic rings. The predicted molar refractivity (Wildman–Crippen MR) is 95.6 cm³/mol. The average molecular weight is 346 g/mol. The highest BCUT2D eigenvalue weighted by molar-refractivity contribution is 5.80. The molecule has 0 spiro atoms. The van der Waals surface area contributed by atoms with E-state index < -0.39 is 6.10 Å². The van der Waals surface area contributed by atoms with E-state index in [9.17, 15) is 4.79 Å². The monoisotopic (exact) mass is 346 g/mol. The molecular weight excluding hydrogens is 320 g/mol. The molecule has 0 saturated heterocycles. The molecule has 2 aromatic rings. The number of benzene rings is 1. The largest absolute Gasteiger partial charge is 0.490 e. The zero-order chi connectivity index (χ0) is 18.2. The van der Waals surface area contributed by atoms with Crippen molar-refractivity contribution in [2.75, 3.05) is 20.7 Å². The third kappa shape index (κ3) is 5.53. The predicted octanol–water partition coefficient (Wildman–Crippen LogP) is 2.82. The normalized spacial score (nSPS) is 11.8.